The molecule has 188 valence electrons. The number of benzene rings is 4. The maximum absolute atomic E-state index is 13.0. The molecule has 0 radical (unpaired) electrons. The number of imide groups is 1. The van der Waals surface area contributed by atoms with Gasteiger partial charge in [0.2, 0.25) is 5.75 Å². The van der Waals surface area contributed by atoms with E-state index in [0.29, 0.717) is 5.56 Å². The molecule has 0 aromatic heterocycles. The van der Waals surface area contributed by atoms with Crippen LogP contribution in [0.15, 0.2) is 89.8 Å². The van der Waals surface area contributed by atoms with E-state index in [9.17, 15) is 29.8 Å². The molecule has 1 fully saturated rings. The van der Waals surface area contributed by atoms with Crippen LogP contribution in [0.1, 0.15) is 11.1 Å². The minimum Gasteiger partial charge on any atom is -0.450 e. The topological polar surface area (TPSA) is 133 Å². The van der Waals surface area contributed by atoms with Gasteiger partial charge in [-0.25, -0.2) is 0 Å². The molecule has 4 aromatic carbocycles. The third-order valence-electron chi connectivity index (χ3n) is 5.76. The highest BCUT2D eigenvalue weighted by atomic mass is 32.2. The van der Waals surface area contributed by atoms with Crippen LogP contribution in [-0.2, 0) is 11.3 Å². The standard InChI is InChI=1S/C27H17N3O7S/c31-26-25(38-27(32)28(26)16-18-8-9-19-5-1-2-6-20(19)12-18)14-17-4-3-7-22(13-17)37-24-11-10-21(29(33)34)15-23(24)30(35)36/h1-15H,16H2/b25-14-. The lowest BCUT2D eigenvalue weighted by Crippen LogP contribution is -2.27. The van der Waals surface area contributed by atoms with E-state index in [1.165, 1.54) is 4.90 Å². The van der Waals surface area contributed by atoms with Crippen LogP contribution < -0.4 is 4.74 Å². The average Bonchev–Trinajstić information content (AvgIpc) is 3.16. The van der Waals surface area contributed by atoms with E-state index in [4.69, 9.17) is 4.74 Å². The zero-order valence-corrected chi connectivity index (χ0v) is 20.3. The molecule has 2 amide bonds. The third-order valence-corrected chi connectivity index (χ3v) is 6.67. The first-order valence-corrected chi connectivity index (χ1v) is 12.0. The van der Waals surface area contributed by atoms with Crippen molar-refractivity contribution >= 4 is 51.1 Å². The first-order valence-electron chi connectivity index (χ1n) is 11.2. The molecule has 0 spiro atoms. The molecule has 1 heterocycles. The number of nitro benzene ring substituents is 2. The van der Waals surface area contributed by atoms with Gasteiger partial charge in [0.05, 0.1) is 27.4 Å². The van der Waals surface area contributed by atoms with Crippen LogP contribution in [0.4, 0.5) is 16.2 Å². The molecule has 10 nitrogen and oxygen atoms in total. The van der Waals surface area contributed by atoms with Crippen LogP contribution >= 0.6 is 11.8 Å². The molecule has 4 aromatic rings. The van der Waals surface area contributed by atoms with Crippen LogP contribution in [-0.4, -0.2) is 25.9 Å². The van der Waals surface area contributed by atoms with Crippen molar-refractivity contribution < 1.29 is 24.2 Å². The van der Waals surface area contributed by atoms with Crippen LogP contribution in [0.5, 0.6) is 11.5 Å². The Morgan fingerprint density at radius 2 is 1.63 bits per heavy atom. The van der Waals surface area contributed by atoms with Gasteiger partial charge in [-0.2, -0.15) is 0 Å². The van der Waals surface area contributed by atoms with Gasteiger partial charge in [-0.1, -0.05) is 48.5 Å². The minimum absolute atomic E-state index is 0.139. The molecule has 1 saturated heterocycles. The molecule has 0 atom stereocenters. The highest BCUT2D eigenvalue weighted by molar-refractivity contribution is 8.18. The zero-order valence-electron chi connectivity index (χ0n) is 19.5. The van der Waals surface area contributed by atoms with Gasteiger partial charge in [0, 0.05) is 6.07 Å². The summed E-state index contributed by atoms with van der Waals surface area (Å²) >= 11 is 0.825. The molecular weight excluding hydrogens is 510 g/mol. The number of thioether (sulfide) groups is 1. The second-order valence-electron chi connectivity index (χ2n) is 8.29. The lowest BCUT2D eigenvalue weighted by atomic mass is 10.1. The fraction of sp³-hybridized carbons (Fsp3) is 0.0370. The van der Waals surface area contributed by atoms with Crippen molar-refractivity contribution in [3.8, 4) is 11.5 Å². The number of non-ortho nitro benzene ring substituents is 1. The summed E-state index contributed by atoms with van der Waals surface area (Å²) in [5, 5.41) is 24.0. The average molecular weight is 528 g/mol. The summed E-state index contributed by atoms with van der Waals surface area (Å²) in [5.74, 6) is -0.384. The van der Waals surface area contributed by atoms with E-state index < -0.39 is 27.1 Å². The van der Waals surface area contributed by atoms with E-state index >= 15 is 0 Å². The van der Waals surface area contributed by atoms with Gasteiger partial charge < -0.3 is 4.74 Å². The van der Waals surface area contributed by atoms with Crippen molar-refractivity contribution in [2.75, 3.05) is 0 Å². The number of nitrogens with zero attached hydrogens (tertiary/aromatic N) is 3. The molecule has 0 N–H and O–H groups in total. The SMILES string of the molecule is O=C1S/C(=C\c2cccc(Oc3ccc([N+](=O)[O-])cc3[N+](=O)[O-])c2)C(=O)N1Cc1ccc2ccccc2c1. The van der Waals surface area contributed by atoms with Gasteiger partial charge >= 0.3 is 5.69 Å². The summed E-state index contributed by atoms with van der Waals surface area (Å²) in [7, 11) is 0. The largest absolute Gasteiger partial charge is 0.450 e. The molecule has 0 unspecified atom stereocenters. The Bertz CT molecular complexity index is 1670. The predicted molar refractivity (Wildman–Crippen MR) is 142 cm³/mol. The van der Waals surface area contributed by atoms with E-state index in [2.05, 4.69) is 0 Å². The fourth-order valence-corrected chi connectivity index (χ4v) is 4.79. The molecule has 1 aliphatic rings. The first kappa shape index (κ1) is 24.7. The maximum Gasteiger partial charge on any atom is 0.318 e. The Morgan fingerprint density at radius 3 is 2.39 bits per heavy atom. The van der Waals surface area contributed by atoms with Gasteiger partial charge in [-0.3, -0.25) is 34.7 Å². The number of ether oxygens (including phenoxy) is 1. The van der Waals surface area contributed by atoms with Crippen molar-refractivity contribution in [3.63, 3.8) is 0 Å². The molecule has 0 aliphatic carbocycles. The molecule has 38 heavy (non-hydrogen) atoms. The molecule has 5 rings (SSSR count). The predicted octanol–water partition coefficient (Wildman–Crippen LogP) is 6.69. The van der Waals surface area contributed by atoms with E-state index in [-0.39, 0.29) is 28.2 Å². The Morgan fingerprint density at radius 1 is 0.842 bits per heavy atom. The van der Waals surface area contributed by atoms with Crippen LogP contribution in [0, 0.1) is 20.2 Å². The Kier molecular flexibility index (Phi) is 6.58. The summed E-state index contributed by atoms with van der Waals surface area (Å²) in [6.45, 7) is 0.139. The van der Waals surface area contributed by atoms with Crippen molar-refractivity contribution in [1.29, 1.82) is 0 Å². The number of fused-ring (bicyclic) bond motifs is 1. The summed E-state index contributed by atoms with van der Waals surface area (Å²) in [6, 6.07) is 23.1. The second kappa shape index (κ2) is 10.1. The molecule has 0 bridgehead atoms. The number of hydrogen-bond donors (Lipinski definition) is 0. The summed E-state index contributed by atoms with van der Waals surface area (Å²) in [4.78, 5) is 47.9. The normalized spacial score (nSPS) is 14.3. The van der Waals surface area contributed by atoms with Gasteiger partial charge in [0.15, 0.2) is 0 Å². The van der Waals surface area contributed by atoms with E-state index in [0.717, 1.165) is 46.3 Å². The number of nitro groups is 2. The first-order chi connectivity index (χ1) is 18.3. The van der Waals surface area contributed by atoms with Gasteiger partial charge in [0.1, 0.15) is 5.75 Å². The molecule has 0 saturated carbocycles. The van der Waals surface area contributed by atoms with E-state index in [1.54, 1.807) is 30.3 Å². The van der Waals surface area contributed by atoms with Crippen LogP contribution in [0.2, 0.25) is 0 Å². The fourth-order valence-electron chi connectivity index (χ4n) is 3.95. The van der Waals surface area contributed by atoms with Crippen LogP contribution in [0.25, 0.3) is 16.8 Å². The third kappa shape index (κ3) is 5.08. The monoisotopic (exact) mass is 527 g/mol. The molecule has 11 heteroatoms. The number of hydrogen-bond acceptors (Lipinski definition) is 8. The number of rotatable bonds is 7. The van der Waals surface area contributed by atoms with E-state index in [1.807, 2.05) is 42.5 Å². The summed E-state index contributed by atoms with van der Waals surface area (Å²) in [5.41, 5.74) is 0.368. The number of carbonyl (C=O) groups is 2. The smallest absolute Gasteiger partial charge is 0.318 e. The Balaban J connectivity index is 1.35. The van der Waals surface area contributed by atoms with Crippen molar-refractivity contribution in [2.45, 2.75) is 6.54 Å². The highest BCUT2D eigenvalue weighted by Crippen LogP contribution is 2.36. The number of amides is 2. The van der Waals surface area contributed by atoms with Gasteiger partial charge in [-0.15, -0.1) is 0 Å². The summed E-state index contributed by atoms with van der Waals surface area (Å²) < 4.78 is 5.63. The Hall–Kier alpha value is -5.03. The van der Waals surface area contributed by atoms with Crippen molar-refractivity contribution in [3.05, 3.63) is 121 Å². The zero-order chi connectivity index (χ0) is 26.8. The minimum atomic E-state index is -0.766. The van der Waals surface area contributed by atoms with Crippen molar-refractivity contribution in [1.82, 2.24) is 4.90 Å². The molecule has 1 aliphatic heterocycles. The second-order valence-corrected chi connectivity index (χ2v) is 9.28. The summed E-state index contributed by atoms with van der Waals surface area (Å²) in [6.07, 6.45) is 1.54. The van der Waals surface area contributed by atoms with Gasteiger partial charge in [0.25, 0.3) is 16.8 Å². The van der Waals surface area contributed by atoms with Gasteiger partial charge in [-0.05, 0) is 64.0 Å². The number of carbonyl (C=O) groups excluding carboxylic acids is 2. The quantitative estimate of drug-likeness (QED) is 0.148. The van der Waals surface area contributed by atoms with Crippen LogP contribution in [0.3, 0.4) is 0 Å². The molecular formula is C27H17N3O7S. The highest BCUT2D eigenvalue weighted by Gasteiger charge is 2.35. The van der Waals surface area contributed by atoms with Crippen molar-refractivity contribution in [2.24, 2.45) is 0 Å². The lowest BCUT2D eigenvalue weighted by Gasteiger charge is -2.13. The lowest BCUT2D eigenvalue weighted by molar-refractivity contribution is -0.394. The Labute approximate surface area is 219 Å². The maximum atomic E-state index is 13.0.